The van der Waals surface area contributed by atoms with Gasteiger partial charge in [-0.2, -0.15) is 0 Å². The van der Waals surface area contributed by atoms with E-state index in [-0.39, 0.29) is 49.7 Å². The highest BCUT2D eigenvalue weighted by molar-refractivity contribution is 6.30. The number of benzene rings is 2. The Labute approximate surface area is 308 Å². The lowest BCUT2D eigenvalue weighted by atomic mass is 9.92. The van der Waals surface area contributed by atoms with Crippen molar-refractivity contribution in [1.82, 2.24) is 15.6 Å². The Balaban J connectivity index is 1.59. The molecule has 6 atom stereocenters. The summed E-state index contributed by atoms with van der Waals surface area (Å²) >= 11 is 5.97. The van der Waals surface area contributed by atoms with Crippen LogP contribution in [0.3, 0.4) is 0 Å². The molecule has 0 unspecified atom stereocenters. The quantitative estimate of drug-likeness (QED) is 0.0738. The molecule has 14 heteroatoms. The molecule has 0 bridgehead atoms. The smallest absolute Gasteiger partial charge is 0.263 e. The third-order valence-corrected chi connectivity index (χ3v) is 9.06. The number of unbranched alkanes of at least 4 members (excludes halogenated alkanes) is 1. The molecule has 1 aromatic heterocycles. The summed E-state index contributed by atoms with van der Waals surface area (Å²) in [5.41, 5.74) is 13.6. The van der Waals surface area contributed by atoms with Crippen molar-refractivity contribution in [2.75, 3.05) is 13.1 Å². The van der Waals surface area contributed by atoms with Crippen LogP contribution in [-0.2, 0) is 19.2 Å². The lowest BCUT2D eigenvalue weighted by Gasteiger charge is -2.25. The molecule has 0 aliphatic carbocycles. The molecule has 3 aromatic rings. The second kappa shape index (κ2) is 20.5. The third-order valence-electron chi connectivity index (χ3n) is 8.80. The summed E-state index contributed by atoms with van der Waals surface area (Å²) in [6.07, 6.45) is 1.93. The maximum absolute atomic E-state index is 13.3. The Morgan fingerprint density at radius 1 is 0.808 bits per heavy atom. The number of aromatic nitrogens is 1. The molecule has 0 aliphatic rings. The zero-order valence-corrected chi connectivity index (χ0v) is 30.4. The molecule has 3 rings (SSSR count). The van der Waals surface area contributed by atoms with Gasteiger partial charge in [-0.15, -0.1) is 0 Å². The van der Waals surface area contributed by atoms with Crippen molar-refractivity contribution in [2.45, 2.75) is 77.5 Å². The lowest BCUT2D eigenvalue weighted by Crippen LogP contribution is -2.51. The highest BCUT2D eigenvalue weighted by Crippen LogP contribution is 2.23. The molecule has 0 saturated carbocycles. The van der Waals surface area contributed by atoms with Gasteiger partial charge in [-0.1, -0.05) is 61.8 Å². The average Bonchev–Trinajstić information content (AvgIpc) is 3.67. The number of aliphatic hydroxyl groups excluding tert-OH is 1. The van der Waals surface area contributed by atoms with E-state index in [1.807, 2.05) is 12.1 Å². The molecule has 52 heavy (non-hydrogen) atoms. The number of oxazole rings is 1. The summed E-state index contributed by atoms with van der Waals surface area (Å²) < 4.78 is 5.05. The Hall–Kier alpha value is -4.56. The molecule has 13 nitrogen and oxygen atoms in total. The number of hydrogen-bond donors (Lipinski definition) is 5. The van der Waals surface area contributed by atoms with Crippen LogP contribution in [0.25, 0.3) is 11.1 Å². The number of Topliss-reactive ketones (excluding diaryl/α,β-unsaturated/α-hetero) is 4. The standard InChI is InChI=1S/C38H48ClN5O8/c1-22(35(49)38-42-16-17-52-38)18-32(47)30(6-4-5-15-40)43-36(50)23(2)19-33(48)34(24(3)45)44-37(51)28(21-41)20-31(46)27-9-7-25(8-10-27)26-11-13-29(39)14-12-26/h7-14,16-17,22-24,28,30,34,45H,4-6,15,18-21,40-41H2,1-3H3,(H,43,50)(H,44,51)/t22-,23-,24-,28+,30+,34+/m1/s1. The highest BCUT2D eigenvalue weighted by Gasteiger charge is 2.33. The molecule has 7 N–H and O–H groups in total. The molecule has 280 valence electrons. The van der Waals surface area contributed by atoms with Crippen LogP contribution < -0.4 is 22.1 Å². The minimum atomic E-state index is -1.38. The number of carbonyl (C=O) groups excluding carboxylic acids is 6. The van der Waals surface area contributed by atoms with Crippen LogP contribution >= 0.6 is 11.6 Å². The molecule has 0 spiro atoms. The van der Waals surface area contributed by atoms with Gasteiger partial charge < -0.3 is 31.6 Å². The number of amides is 2. The summed E-state index contributed by atoms with van der Waals surface area (Å²) in [5.74, 6) is -5.83. The van der Waals surface area contributed by atoms with E-state index < -0.39 is 59.3 Å². The molecule has 2 aromatic carbocycles. The molecule has 0 saturated heterocycles. The van der Waals surface area contributed by atoms with Crippen molar-refractivity contribution < 1.29 is 38.3 Å². The third kappa shape index (κ3) is 12.3. The number of rotatable bonds is 22. The maximum Gasteiger partial charge on any atom is 0.263 e. The monoisotopic (exact) mass is 737 g/mol. The first kappa shape index (κ1) is 41.9. The molecule has 1 heterocycles. The van der Waals surface area contributed by atoms with E-state index in [1.54, 1.807) is 43.3 Å². The van der Waals surface area contributed by atoms with Gasteiger partial charge >= 0.3 is 0 Å². The number of ketones is 4. The predicted octanol–water partition coefficient (Wildman–Crippen LogP) is 3.70. The summed E-state index contributed by atoms with van der Waals surface area (Å²) in [7, 11) is 0. The van der Waals surface area contributed by atoms with E-state index in [1.165, 1.54) is 26.3 Å². The van der Waals surface area contributed by atoms with E-state index in [9.17, 15) is 33.9 Å². The number of carbonyl (C=O) groups is 6. The van der Waals surface area contributed by atoms with Gasteiger partial charge in [-0.3, -0.25) is 28.8 Å². The number of aliphatic hydroxyl groups is 1. The van der Waals surface area contributed by atoms with Gasteiger partial charge in [0.25, 0.3) is 5.89 Å². The van der Waals surface area contributed by atoms with Crippen molar-refractivity contribution in [3.05, 3.63) is 77.5 Å². The maximum atomic E-state index is 13.3. The van der Waals surface area contributed by atoms with Crippen molar-refractivity contribution >= 4 is 46.5 Å². The van der Waals surface area contributed by atoms with Gasteiger partial charge in [-0.25, -0.2) is 4.98 Å². The molecule has 0 fully saturated rings. The first-order valence-electron chi connectivity index (χ1n) is 17.3. The molecule has 0 aliphatic heterocycles. The fourth-order valence-corrected chi connectivity index (χ4v) is 5.72. The Bertz CT molecular complexity index is 1660. The SMILES string of the molecule is C[C@H](CC(=O)[C@@H](NC(=O)[C@H](CN)CC(=O)c1ccc(-c2ccc(Cl)cc2)cc1)[C@@H](C)O)C(=O)N[C@@H](CCCCN)C(=O)C[C@@H](C)C(=O)c1ncco1. The van der Waals surface area contributed by atoms with Crippen LogP contribution in [0, 0.1) is 17.8 Å². The number of nitrogens with two attached hydrogens (primary N) is 2. The van der Waals surface area contributed by atoms with E-state index in [4.69, 9.17) is 27.5 Å². The average molecular weight is 738 g/mol. The van der Waals surface area contributed by atoms with Gasteiger partial charge in [0.1, 0.15) is 12.3 Å². The first-order chi connectivity index (χ1) is 24.7. The van der Waals surface area contributed by atoms with E-state index in [0.29, 0.717) is 30.0 Å². The van der Waals surface area contributed by atoms with Crippen LogP contribution in [0.2, 0.25) is 5.02 Å². The lowest BCUT2D eigenvalue weighted by molar-refractivity contribution is -0.135. The largest absolute Gasteiger partial charge is 0.442 e. The van der Waals surface area contributed by atoms with Crippen molar-refractivity contribution in [1.29, 1.82) is 0 Å². The minimum Gasteiger partial charge on any atom is -0.442 e. The van der Waals surface area contributed by atoms with Gasteiger partial charge in [0.2, 0.25) is 17.6 Å². The summed E-state index contributed by atoms with van der Waals surface area (Å²) in [6.45, 7) is 4.58. The zero-order valence-electron chi connectivity index (χ0n) is 29.7. The van der Waals surface area contributed by atoms with Crippen LogP contribution in [0.4, 0.5) is 0 Å². The topological polar surface area (TPSA) is 225 Å². The van der Waals surface area contributed by atoms with Gasteiger partial charge in [0.05, 0.1) is 24.3 Å². The van der Waals surface area contributed by atoms with Crippen LogP contribution in [0.15, 0.2) is 65.4 Å². The second-order valence-corrected chi connectivity index (χ2v) is 13.5. The molecule has 2 amide bonds. The van der Waals surface area contributed by atoms with E-state index >= 15 is 0 Å². The van der Waals surface area contributed by atoms with E-state index in [2.05, 4.69) is 15.6 Å². The first-order valence-corrected chi connectivity index (χ1v) is 17.7. The van der Waals surface area contributed by atoms with Gasteiger partial charge in [0, 0.05) is 48.2 Å². The summed E-state index contributed by atoms with van der Waals surface area (Å²) in [4.78, 5) is 82.5. The van der Waals surface area contributed by atoms with E-state index in [0.717, 1.165) is 11.1 Å². The highest BCUT2D eigenvalue weighted by atomic mass is 35.5. The minimum absolute atomic E-state index is 0.110. The van der Waals surface area contributed by atoms with Crippen molar-refractivity contribution in [2.24, 2.45) is 29.2 Å². The van der Waals surface area contributed by atoms with Crippen LogP contribution in [0.5, 0.6) is 0 Å². The number of nitrogens with zero attached hydrogens (tertiary/aromatic N) is 1. The van der Waals surface area contributed by atoms with Crippen molar-refractivity contribution in [3.63, 3.8) is 0 Å². The second-order valence-electron chi connectivity index (χ2n) is 13.1. The Kier molecular flexibility index (Phi) is 16.5. The normalized spacial score (nSPS) is 14.7. The van der Waals surface area contributed by atoms with Gasteiger partial charge in [-0.05, 0) is 56.0 Å². The number of hydrogen-bond acceptors (Lipinski definition) is 11. The molecular formula is C38H48ClN5O8. The van der Waals surface area contributed by atoms with Crippen molar-refractivity contribution in [3.8, 4) is 11.1 Å². The fraction of sp³-hybridized carbons (Fsp3) is 0.447. The summed E-state index contributed by atoms with van der Waals surface area (Å²) in [5, 5.41) is 16.3. The molecular weight excluding hydrogens is 690 g/mol. The van der Waals surface area contributed by atoms with Crippen LogP contribution in [-0.4, -0.2) is 76.3 Å². The number of halogens is 1. The Morgan fingerprint density at radius 2 is 1.42 bits per heavy atom. The fourth-order valence-electron chi connectivity index (χ4n) is 5.59. The van der Waals surface area contributed by atoms with Gasteiger partial charge in [0.15, 0.2) is 17.3 Å². The number of nitrogens with one attached hydrogen (secondary N) is 2. The predicted molar refractivity (Wildman–Crippen MR) is 195 cm³/mol. The Morgan fingerprint density at radius 3 is 1.98 bits per heavy atom. The zero-order chi connectivity index (χ0) is 38.4. The molecule has 0 radical (unpaired) electrons. The van der Waals surface area contributed by atoms with Crippen LogP contribution in [0.1, 0.15) is 80.3 Å². The summed E-state index contributed by atoms with van der Waals surface area (Å²) in [6, 6.07) is 11.8.